The van der Waals surface area contributed by atoms with Gasteiger partial charge in [-0.1, -0.05) is 36.9 Å². The van der Waals surface area contributed by atoms with Gasteiger partial charge in [0.15, 0.2) is 5.16 Å². The second-order valence-corrected chi connectivity index (χ2v) is 6.08. The molecule has 5 nitrogen and oxygen atoms in total. The van der Waals surface area contributed by atoms with Gasteiger partial charge >= 0.3 is 0 Å². The normalized spacial score (nSPS) is 17.1. The molecule has 0 saturated heterocycles. The van der Waals surface area contributed by atoms with Crippen LogP contribution in [0.25, 0.3) is 12.2 Å². The molecule has 2 heterocycles. The third-order valence-electron chi connectivity index (χ3n) is 3.42. The summed E-state index contributed by atoms with van der Waals surface area (Å²) in [5.41, 5.74) is 0.867. The second kappa shape index (κ2) is 5.81. The Morgan fingerprint density at radius 2 is 2.00 bits per heavy atom. The van der Waals surface area contributed by atoms with Crippen LogP contribution in [-0.4, -0.2) is 25.8 Å². The number of phenolic OH excluding ortho intramolecular Hbond substituents is 1. The molecule has 1 aliphatic heterocycles. The highest BCUT2D eigenvalue weighted by atomic mass is 32.2. The summed E-state index contributed by atoms with van der Waals surface area (Å²) in [4.78, 5) is 28.8. The number of nitrogens with zero attached hydrogens (tertiary/aromatic N) is 2. The molecular weight excluding hydrogens is 300 g/mol. The minimum Gasteiger partial charge on any atom is -0.508 e. The summed E-state index contributed by atoms with van der Waals surface area (Å²) in [6.07, 6.45) is 5.54. The topological polar surface area (TPSA) is 72.2 Å². The van der Waals surface area contributed by atoms with E-state index in [0.29, 0.717) is 17.1 Å². The molecule has 0 bridgehead atoms. The minimum absolute atomic E-state index is 0.185. The summed E-state index contributed by atoms with van der Waals surface area (Å²) in [5.74, 6) is -0.00970. The maximum absolute atomic E-state index is 12.4. The van der Waals surface area contributed by atoms with Gasteiger partial charge in [-0.05, 0) is 30.2 Å². The molecule has 0 amide bonds. The lowest BCUT2D eigenvalue weighted by molar-refractivity contribution is 0.0902. The molecule has 0 fully saturated rings. The average molecular weight is 314 g/mol. The molecule has 2 aromatic rings. The van der Waals surface area contributed by atoms with Gasteiger partial charge in [0, 0.05) is 6.20 Å². The van der Waals surface area contributed by atoms with E-state index in [9.17, 15) is 14.7 Å². The smallest absolute Gasteiger partial charge is 0.268 e. The molecule has 0 aliphatic carbocycles. The summed E-state index contributed by atoms with van der Waals surface area (Å²) < 4.78 is 1.16. The molecule has 1 aromatic heterocycles. The lowest BCUT2D eigenvalue weighted by Gasteiger charge is -2.01. The maximum Gasteiger partial charge on any atom is 0.268 e. The molecular formula is C16H14N2O3S. The fourth-order valence-electron chi connectivity index (χ4n) is 2.20. The van der Waals surface area contributed by atoms with Gasteiger partial charge in [-0.3, -0.25) is 9.59 Å². The van der Waals surface area contributed by atoms with Crippen LogP contribution in [0.15, 0.2) is 40.4 Å². The molecule has 0 saturated carbocycles. The number of carbonyl (C=O) groups is 1. The van der Waals surface area contributed by atoms with Crippen LogP contribution in [0.4, 0.5) is 0 Å². The molecule has 0 radical (unpaired) electrons. The van der Waals surface area contributed by atoms with E-state index >= 15 is 0 Å². The maximum atomic E-state index is 12.4. The van der Waals surface area contributed by atoms with Crippen molar-refractivity contribution >= 4 is 29.8 Å². The Morgan fingerprint density at radius 1 is 1.27 bits per heavy atom. The monoisotopic (exact) mass is 314 g/mol. The first-order valence-electron chi connectivity index (χ1n) is 6.90. The summed E-state index contributed by atoms with van der Waals surface area (Å²) in [6.45, 7) is 1.91. The van der Waals surface area contributed by atoms with E-state index in [1.807, 2.05) is 6.92 Å². The Kier molecular flexibility index (Phi) is 3.85. The number of benzene rings is 1. The van der Waals surface area contributed by atoms with E-state index in [-0.39, 0.29) is 22.5 Å². The summed E-state index contributed by atoms with van der Waals surface area (Å²) >= 11 is 1.33. The first-order chi connectivity index (χ1) is 10.6. The zero-order valence-corrected chi connectivity index (χ0v) is 12.7. The first-order valence-corrected chi connectivity index (χ1v) is 7.78. The van der Waals surface area contributed by atoms with Gasteiger partial charge in [0.05, 0.1) is 10.8 Å². The molecule has 3 rings (SSSR count). The number of aromatic nitrogens is 2. The van der Waals surface area contributed by atoms with Crippen LogP contribution in [0.2, 0.25) is 0 Å². The molecule has 1 aliphatic rings. The number of hydrogen-bond donors (Lipinski definition) is 1. The largest absolute Gasteiger partial charge is 0.508 e. The molecule has 1 aromatic carbocycles. The number of carbonyl (C=O) groups excluding carboxylic acids is 1. The predicted molar refractivity (Wildman–Crippen MR) is 86.1 cm³/mol. The number of thioether (sulfide) groups is 1. The van der Waals surface area contributed by atoms with E-state index in [1.165, 1.54) is 18.0 Å². The molecule has 6 heteroatoms. The third-order valence-corrected chi connectivity index (χ3v) is 4.74. The van der Waals surface area contributed by atoms with Gasteiger partial charge in [0.1, 0.15) is 5.75 Å². The average Bonchev–Trinajstić information content (AvgIpc) is 2.85. The molecule has 1 N–H and O–H groups in total. The third kappa shape index (κ3) is 2.57. The number of hydrogen-bond acceptors (Lipinski definition) is 5. The van der Waals surface area contributed by atoms with Crippen LogP contribution in [0.1, 0.15) is 29.3 Å². The summed E-state index contributed by atoms with van der Waals surface area (Å²) in [5, 5.41) is 9.48. The van der Waals surface area contributed by atoms with Crippen LogP contribution < -0.4 is 5.56 Å². The van der Waals surface area contributed by atoms with E-state index in [4.69, 9.17) is 0 Å². The van der Waals surface area contributed by atoms with Crippen molar-refractivity contribution in [2.45, 2.75) is 23.8 Å². The molecule has 112 valence electrons. The van der Waals surface area contributed by atoms with Crippen molar-refractivity contribution < 1.29 is 9.90 Å². The fraction of sp³-hybridized carbons (Fsp3) is 0.188. The van der Waals surface area contributed by atoms with Crippen molar-refractivity contribution in [1.82, 2.24) is 9.55 Å². The predicted octanol–water partition coefficient (Wildman–Crippen LogP) is 2.64. The van der Waals surface area contributed by atoms with Gasteiger partial charge in [-0.15, -0.1) is 0 Å². The van der Waals surface area contributed by atoms with Crippen LogP contribution in [0.5, 0.6) is 5.75 Å². The van der Waals surface area contributed by atoms with Gasteiger partial charge in [0.2, 0.25) is 5.91 Å². The van der Waals surface area contributed by atoms with Crippen LogP contribution >= 0.6 is 11.8 Å². The van der Waals surface area contributed by atoms with Gasteiger partial charge in [-0.25, -0.2) is 9.55 Å². The number of rotatable bonds is 3. The SMILES string of the molecule is CC[C@H]1Sc2ncc(/C=C/c3ccc(O)cc3)c(=O)n2C1=O. The lowest BCUT2D eigenvalue weighted by Crippen LogP contribution is -2.30. The lowest BCUT2D eigenvalue weighted by atomic mass is 10.2. The Labute approximate surface area is 131 Å². The highest BCUT2D eigenvalue weighted by Gasteiger charge is 2.32. The highest BCUT2D eigenvalue weighted by molar-refractivity contribution is 8.00. The van der Waals surface area contributed by atoms with Crippen molar-refractivity contribution in [3.8, 4) is 5.75 Å². The van der Waals surface area contributed by atoms with Crippen molar-refractivity contribution in [2.75, 3.05) is 0 Å². The van der Waals surface area contributed by atoms with Crippen molar-refractivity contribution in [3.63, 3.8) is 0 Å². The highest BCUT2D eigenvalue weighted by Crippen LogP contribution is 2.30. The van der Waals surface area contributed by atoms with E-state index in [2.05, 4.69) is 4.98 Å². The molecule has 0 spiro atoms. The molecule has 0 unspecified atom stereocenters. The van der Waals surface area contributed by atoms with Crippen LogP contribution in [-0.2, 0) is 0 Å². The Balaban J connectivity index is 1.94. The minimum atomic E-state index is -0.339. The number of aromatic hydroxyl groups is 1. The van der Waals surface area contributed by atoms with Crippen LogP contribution in [0, 0.1) is 0 Å². The standard InChI is InChI=1S/C16H14N2O3S/c1-2-13-15(21)18-14(20)11(9-17-16(18)22-13)6-3-10-4-7-12(19)8-5-10/h3-9,13,19H,2H2,1H3/b6-3+/t13-/m1/s1. The van der Waals surface area contributed by atoms with Gasteiger partial charge in [0.25, 0.3) is 5.56 Å². The van der Waals surface area contributed by atoms with Crippen molar-refractivity contribution in [2.24, 2.45) is 0 Å². The molecule has 1 atom stereocenters. The molecule has 22 heavy (non-hydrogen) atoms. The first kappa shape index (κ1) is 14.6. The quantitative estimate of drug-likeness (QED) is 0.882. The Bertz CT molecular complexity index is 809. The summed E-state index contributed by atoms with van der Waals surface area (Å²) in [6, 6.07) is 6.61. The second-order valence-electron chi connectivity index (χ2n) is 4.91. The van der Waals surface area contributed by atoms with E-state index in [1.54, 1.807) is 36.4 Å². The van der Waals surface area contributed by atoms with Gasteiger partial charge < -0.3 is 5.11 Å². The zero-order chi connectivity index (χ0) is 15.7. The fourth-order valence-corrected chi connectivity index (χ4v) is 3.22. The number of phenols is 1. The van der Waals surface area contributed by atoms with Crippen molar-refractivity contribution in [3.05, 3.63) is 51.9 Å². The van der Waals surface area contributed by atoms with Crippen molar-refractivity contribution in [1.29, 1.82) is 0 Å². The van der Waals surface area contributed by atoms with Gasteiger partial charge in [-0.2, -0.15) is 0 Å². The Hall–Kier alpha value is -2.34. The zero-order valence-electron chi connectivity index (χ0n) is 11.9. The summed E-state index contributed by atoms with van der Waals surface area (Å²) in [7, 11) is 0. The number of fused-ring (bicyclic) bond motifs is 1. The van der Waals surface area contributed by atoms with E-state index < -0.39 is 0 Å². The van der Waals surface area contributed by atoms with E-state index in [0.717, 1.165) is 10.1 Å². The Morgan fingerprint density at radius 3 is 2.68 bits per heavy atom. The van der Waals surface area contributed by atoms with Crippen LogP contribution in [0.3, 0.4) is 0 Å².